The summed E-state index contributed by atoms with van der Waals surface area (Å²) in [6.45, 7) is 2.04. The molecule has 0 spiro atoms. The lowest BCUT2D eigenvalue weighted by Gasteiger charge is -2.12. The molecule has 3 heteroatoms. The number of rotatable bonds is 4. The van der Waals surface area contributed by atoms with Crippen molar-refractivity contribution in [2.24, 2.45) is 0 Å². The molecule has 0 saturated carbocycles. The standard InChI is InChI=1S/C24H19N3/c1-18-14-21(17-26-15-18)24-23(10-9-19-6-3-2-4-7-19)22(11-13-27-24)20-8-5-12-25-16-20/h2-17H,1H3/b10-9+. The zero-order valence-electron chi connectivity index (χ0n) is 15.1. The Balaban J connectivity index is 1.90. The molecule has 0 fully saturated rings. The second-order valence-corrected chi connectivity index (χ2v) is 6.36. The van der Waals surface area contributed by atoms with E-state index in [1.165, 1.54) is 0 Å². The highest BCUT2D eigenvalue weighted by Gasteiger charge is 2.12. The summed E-state index contributed by atoms with van der Waals surface area (Å²) in [6, 6.07) is 18.4. The van der Waals surface area contributed by atoms with Crippen LogP contribution in [0.3, 0.4) is 0 Å². The van der Waals surface area contributed by atoms with E-state index >= 15 is 0 Å². The maximum absolute atomic E-state index is 4.68. The van der Waals surface area contributed by atoms with E-state index in [1.807, 2.05) is 62.0 Å². The summed E-state index contributed by atoms with van der Waals surface area (Å²) in [5.74, 6) is 0. The first-order valence-corrected chi connectivity index (χ1v) is 8.86. The molecule has 27 heavy (non-hydrogen) atoms. The largest absolute Gasteiger partial charge is 0.264 e. The van der Waals surface area contributed by atoms with Crippen LogP contribution in [-0.4, -0.2) is 15.0 Å². The summed E-state index contributed by atoms with van der Waals surface area (Å²) in [7, 11) is 0. The minimum Gasteiger partial charge on any atom is -0.264 e. The lowest BCUT2D eigenvalue weighted by molar-refractivity contribution is 1.24. The van der Waals surface area contributed by atoms with Crippen LogP contribution in [0.5, 0.6) is 0 Å². The van der Waals surface area contributed by atoms with Gasteiger partial charge in [0.2, 0.25) is 0 Å². The Bertz CT molecular complexity index is 1070. The van der Waals surface area contributed by atoms with Crippen LogP contribution in [0.4, 0.5) is 0 Å². The number of nitrogens with zero attached hydrogens (tertiary/aromatic N) is 3. The number of aryl methyl sites for hydroxylation is 1. The molecule has 0 atom stereocenters. The van der Waals surface area contributed by atoms with Gasteiger partial charge in [0.1, 0.15) is 0 Å². The van der Waals surface area contributed by atoms with Crippen molar-refractivity contribution in [2.75, 3.05) is 0 Å². The van der Waals surface area contributed by atoms with Gasteiger partial charge in [0.25, 0.3) is 0 Å². The van der Waals surface area contributed by atoms with Crippen LogP contribution in [0, 0.1) is 6.92 Å². The van der Waals surface area contributed by atoms with E-state index in [1.54, 1.807) is 6.20 Å². The summed E-state index contributed by atoms with van der Waals surface area (Å²) in [5, 5.41) is 0. The molecule has 0 aliphatic rings. The molecule has 0 saturated heterocycles. The number of hydrogen-bond acceptors (Lipinski definition) is 3. The van der Waals surface area contributed by atoms with Crippen molar-refractivity contribution in [3.8, 4) is 22.4 Å². The van der Waals surface area contributed by atoms with E-state index in [4.69, 9.17) is 0 Å². The Morgan fingerprint density at radius 2 is 1.59 bits per heavy atom. The second kappa shape index (κ2) is 7.75. The maximum atomic E-state index is 4.68. The topological polar surface area (TPSA) is 38.7 Å². The van der Waals surface area contributed by atoms with Crippen LogP contribution in [-0.2, 0) is 0 Å². The quantitative estimate of drug-likeness (QED) is 0.475. The van der Waals surface area contributed by atoms with Gasteiger partial charge in [0.05, 0.1) is 5.69 Å². The molecule has 130 valence electrons. The zero-order chi connectivity index (χ0) is 18.5. The average molecular weight is 349 g/mol. The van der Waals surface area contributed by atoms with E-state index in [9.17, 15) is 0 Å². The van der Waals surface area contributed by atoms with Crippen molar-refractivity contribution in [1.82, 2.24) is 15.0 Å². The summed E-state index contributed by atoms with van der Waals surface area (Å²) in [6.07, 6.45) is 13.5. The third-order valence-corrected chi connectivity index (χ3v) is 4.35. The molecule has 0 N–H and O–H groups in total. The number of pyridine rings is 3. The van der Waals surface area contributed by atoms with Crippen LogP contribution in [0.1, 0.15) is 16.7 Å². The molecule has 0 aliphatic carbocycles. The van der Waals surface area contributed by atoms with Crippen molar-refractivity contribution in [2.45, 2.75) is 6.92 Å². The monoisotopic (exact) mass is 349 g/mol. The summed E-state index contributed by atoms with van der Waals surface area (Å²) in [5.41, 5.74) is 7.40. The lowest BCUT2D eigenvalue weighted by atomic mass is 9.96. The summed E-state index contributed by atoms with van der Waals surface area (Å²) >= 11 is 0. The fourth-order valence-corrected chi connectivity index (χ4v) is 3.07. The van der Waals surface area contributed by atoms with Gasteiger partial charge >= 0.3 is 0 Å². The number of hydrogen-bond donors (Lipinski definition) is 0. The molecule has 3 heterocycles. The van der Waals surface area contributed by atoms with Gasteiger partial charge in [-0.05, 0) is 41.8 Å². The van der Waals surface area contributed by atoms with Gasteiger partial charge in [-0.25, -0.2) is 0 Å². The van der Waals surface area contributed by atoms with E-state index in [0.717, 1.165) is 39.1 Å². The molecular formula is C24H19N3. The first-order chi connectivity index (χ1) is 13.3. The van der Waals surface area contributed by atoms with Gasteiger partial charge in [-0.2, -0.15) is 0 Å². The molecule has 4 rings (SSSR count). The Morgan fingerprint density at radius 3 is 2.37 bits per heavy atom. The number of aromatic nitrogens is 3. The molecule has 1 aromatic carbocycles. The first-order valence-electron chi connectivity index (χ1n) is 8.86. The van der Waals surface area contributed by atoms with Gasteiger partial charge < -0.3 is 0 Å². The highest BCUT2D eigenvalue weighted by molar-refractivity contribution is 5.87. The van der Waals surface area contributed by atoms with E-state index in [0.29, 0.717) is 0 Å². The zero-order valence-corrected chi connectivity index (χ0v) is 15.1. The minimum atomic E-state index is 0.916. The highest BCUT2D eigenvalue weighted by atomic mass is 14.7. The molecular weight excluding hydrogens is 330 g/mol. The van der Waals surface area contributed by atoms with E-state index in [-0.39, 0.29) is 0 Å². The summed E-state index contributed by atoms with van der Waals surface area (Å²) in [4.78, 5) is 13.3. The molecule has 3 nitrogen and oxygen atoms in total. The molecule has 0 aliphatic heterocycles. The van der Waals surface area contributed by atoms with Crippen molar-refractivity contribution in [1.29, 1.82) is 0 Å². The first kappa shape index (κ1) is 16.9. The maximum Gasteiger partial charge on any atom is 0.0796 e. The predicted octanol–water partition coefficient (Wildman–Crippen LogP) is 5.68. The van der Waals surface area contributed by atoms with Crippen LogP contribution < -0.4 is 0 Å². The van der Waals surface area contributed by atoms with Crippen LogP contribution in [0.2, 0.25) is 0 Å². The predicted molar refractivity (Wildman–Crippen MR) is 111 cm³/mol. The van der Waals surface area contributed by atoms with Gasteiger partial charge in [0.15, 0.2) is 0 Å². The van der Waals surface area contributed by atoms with Crippen LogP contribution >= 0.6 is 0 Å². The minimum absolute atomic E-state index is 0.916. The molecule has 0 unspecified atom stereocenters. The van der Waals surface area contributed by atoms with Gasteiger partial charge in [-0.1, -0.05) is 48.6 Å². The third-order valence-electron chi connectivity index (χ3n) is 4.35. The smallest absolute Gasteiger partial charge is 0.0796 e. The van der Waals surface area contributed by atoms with Crippen molar-refractivity contribution < 1.29 is 0 Å². The SMILES string of the molecule is Cc1cncc(-c2nccc(-c3cccnc3)c2/C=C/c2ccccc2)c1. The Morgan fingerprint density at radius 1 is 0.741 bits per heavy atom. The number of benzene rings is 1. The van der Waals surface area contributed by atoms with Crippen molar-refractivity contribution in [3.63, 3.8) is 0 Å². The summed E-state index contributed by atoms with van der Waals surface area (Å²) < 4.78 is 0. The van der Waals surface area contributed by atoms with Crippen LogP contribution in [0.15, 0.2) is 85.6 Å². The Labute approximate surface area is 159 Å². The fraction of sp³-hybridized carbons (Fsp3) is 0.0417. The molecule has 0 amide bonds. The molecule has 3 aromatic heterocycles. The Kier molecular flexibility index (Phi) is 4.84. The van der Waals surface area contributed by atoms with Crippen molar-refractivity contribution in [3.05, 3.63) is 102 Å². The van der Waals surface area contributed by atoms with E-state index in [2.05, 4.69) is 51.4 Å². The second-order valence-electron chi connectivity index (χ2n) is 6.36. The third kappa shape index (κ3) is 3.82. The lowest BCUT2D eigenvalue weighted by Crippen LogP contribution is -1.94. The van der Waals surface area contributed by atoms with Gasteiger partial charge in [0, 0.05) is 47.7 Å². The average Bonchev–Trinajstić information content (AvgIpc) is 2.73. The van der Waals surface area contributed by atoms with Gasteiger partial charge in [-0.15, -0.1) is 0 Å². The van der Waals surface area contributed by atoms with Gasteiger partial charge in [-0.3, -0.25) is 15.0 Å². The molecule has 0 radical (unpaired) electrons. The van der Waals surface area contributed by atoms with Crippen molar-refractivity contribution >= 4 is 12.2 Å². The molecule has 4 aromatic rings. The van der Waals surface area contributed by atoms with Crippen LogP contribution in [0.25, 0.3) is 34.5 Å². The molecule has 0 bridgehead atoms. The van der Waals surface area contributed by atoms with E-state index < -0.39 is 0 Å². The fourth-order valence-electron chi connectivity index (χ4n) is 3.07. The highest BCUT2D eigenvalue weighted by Crippen LogP contribution is 2.32. The Hall–Kier alpha value is -3.59. The normalized spacial score (nSPS) is 11.0.